The fraction of sp³-hybridized carbons (Fsp3) is 0.600. The molecule has 7 heteroatoms. The Morgan fingerprint density at radius 3 is 1.91 bits per heavy atom. The lowest BCUT2D eigenvalue weighted by Gasteiger charge is -2.12. The molecule has 0 aromatic carbocycles. The molecule has 1 saturated heterocycles. The molecule has 1 aliphatic rings. The first-order valence-corrected chi connectivity index (χ1v) is 7.28. The molecule has 0 aliphatic carbocycles. The first-order chi connectivity index (χ1) is 10.5. The number of nitrogens with zero attached hydrogens (tertiary/aromatic N) is 1. The van der Waals surface area contributed by atoms with Gasteiger partial charge in [0.15, 0.2) is 0 Å². The lowest BCUT2D eigenvalue weighted by Crippen LogP contribution is -2.32. The van der Waals surface area contributed by atoms with Gasteiger partial charge in [0.05, 0.1) is 13.5 Å². The fourth-order valence-corrected chi connectivity index (χ4v) is 1.30. The predicted octanol–water partition coefficient (Wildman–Crippen LogP) is 2.16. The largest absolute Gasteiger partial charge is 0.466 e. The standard InChI is InChI=1S/C11H13NO6.2C2H6/c1-7(11(16)17-2)3-6-10(15)18-12-8(13)4-5-9(12)14;2*1-2/h1,3-6H2,2H3;2*1-2H3. The Morgan fingerprint density at radius 2 is 1.50 bits per heavy atom. The summed E-state index contributed by atoms with van der Waals surface area (Å²) in [6.45, 7) is 11.4. The molecule has 2 amide bonds. The van der Waals surface area contributed by atoms with Crippen molar-refractivity contribution in [2.75, 3.05) is 7.11 Å². The van der Waals surface area contributed by atoms with E-state index in [1.54, 1.807) is 0 Å². The van der Waals surface area contributed by atoms with Gasteiger partial charge >= 0.3 is 11.9 Å². The van der Waals surface area contributed by atoms with Gasteiger partial charge in [-0.2, -0.15) is 0 Å². The van der Waals surface area contributed by atoms with Crippen LogP contribution in [0, 0.1) is 0 Å². The van der Waals surface area contributed by atoms with Crippen LogP contribution >= 0.6 is 0 Å². The maximum Gasteiger partial charge on any atom is 0.333 e. The van der Waals surface area contributed by atoms with Crippen LogP contribution in [0.2, 0.25) is 0 Å². The molecule has 1 heterocycles. The van der Waals surface area contributed by atoms with Crippen LogP contribution in [0.3, 0.4) is 0 Å². The summed E-state index contributed by atoms with van der Waals surface area (Å²) in [6, 6.07) is 0. The number of hydrogen-bond acceptors (Lipinski definition) is 6. The Balaban J connectivity index is 0. The molecule has 1 rings (SSSR count). The minimum absolute atomic E-state index is 0.0426. The molecule has 0 radical (unpaired) electrons. The number of carbonyl (C=O) groups is 4. The third kappa shape index (κ3) is 7.56. The fourth-order valence-electron chi connectivity index (χ4n) is 1.30. The maximum atomic E-state index is 11.3. The molecule has 126 valence electrons. The van der Waals surface area contributed by atoms with Crippen molar-refractivity contribution in [2.24, 2.45) is 0 Å². The third-order valence-electron chi connectivity index (χ3n) is 2.30. The topological polar surface area (TPSA) is 90.0 Å². The van der Waals surface area contributed by atoms with Gasteiger partial charge in [-0.3, -0.25) is 9.59 Å². The first-order valence-electron chi connectivity index (χ1n) is 7.28. The molecule has 22 heavy (non-hydrogen) atoms. The van der Waals surface area contributed by atoms with Gasteiger partial charge in [-0.25, -0.2) is 9.59 Å². The average Bonchev–Trinajstić information content (AvgIpc) is 2.87. The summed E-state index contributed by atoms with van der Waals surface area (Å²) >= 11 is 0. The van der Waals surface area contributed by atoms with E-state index in [0.29, 0.717) is 5.06 Å². The van der Waals surface area contributed by atoms with Gasteiger partial charge < -0.3 is 9.57 Å². The average molecular weight is 315 g/mol. The summed E-state index contributed by atoms with van der Waals surface area (Å²) in [6.07, 6.45) is -0.0331. The number of carbonyl (C=O) groups excluding carboxylic acids is 4. The number of amides is 2. The van der Waals surface area contributed by atoms with E-state index in [2.05, 4.69) is 16.2 Å². The van der Waals surface area contributed by atoms with Crippen molar-refractivity contribution in [3.8, 4) is 0 Å². The monoisotopic (exact) mass is 315 g/mol. The SMILES string of the molecule is C=C(CCC(=O)ON1C(=O)CCC1=O)C(=O)OC.CC.CC. The van der Waals surface area contributed by atoms with Crippen LogP contribution in [0.4, 0.5) is 0 Å². The van der Waals surface area contributed by atoms with E-state index in [9.17, 15) is 19.2 Å². The summed E-state index contributed by atoms with van der Waals surface area (Å²) in [4.78, 5) is 49.2. The van der Waals surface area contributed by atoms with Crippen molar-refractivity contribution in [2.45, 2.75) is 53.4 Å². The lowest BCUT2D eigenvalue weighted by atomic mass is 10.2. The molecular formula is C15H25NO6. The van der Waals surface area contributed by atoms with Crippen LogP contribution in [-0.2, 0) is 28.8 Å². The summed E-state index contributed by atoms with van der Waals surface area (Å²) in [7, 11) is 1.20. The highest BCUT2D eigenvalue weighted by atomic mass is 16.7. The minimum atomic E-state index is -0.774. The smallest absolute Gasteiger partial charge is 0.333 e. The van der Waals surface area contributed by atoms with E-state index >= 15 is 0 Å². The zero-order chi connectivity index (χ0) is 17.7. The highest BCUT2D eigenvalue weighted by Crippen LogP contribution is 2.13. The molecule has 0 saturated carbocycles. The molecule has 0 unspecified atom stereocenters. The molecule has 0 atom stereocenters. The Kier molecular flexibility index (Phi) is 12.6. The molecule has 0 aromatic rings. The molecule has 0 aromatic heterocycles. The lowest BCUT2D eigenvalue weighted by molar-refractivity contribution is -0.197. The quantitative estimate of drug-likeness (QED) is 0.439. The van der Waals surface area contributed by atoms with Gasteiger partial charge in [0.1, 0.15) is 0 Å². The van der Waals surface area contributed by atoms with E-state index in [0.717, 1.165) is 0 Å². The summed E-state index contributed by atoms with van der Waals surface area (Å²) in [5.41, 5.74) is 0.119. The summed E-state index contributed by atoms with van der Waals surface area (Å²) < 4.78 is 4.40. The Labute approximate surface area is 131 Å². The Morgan fingerprint density at radius 1 is 1.05 bits per heavy atom. The predicted molar refractivity (Wildman–Crippen MR) is 80.3 cm³/mol. The van der Waals surface area contributed by atoms with E-state index in [1.165, 1.54) is 7.11 Å². The second-order valence-electron chi connectivity index (χ2n) is 3.64. The first kappa shape index (κ1) is 22.1. The van der Waals surface area contributed by atoms with Crippen LogP contribution in [0.25, 0.3) is 0 Å². The second-order valence-corrected chi connectivity index (χ2v) is 3.64. The number of methoxy groups -OCH3 is 1. The highest BCUT2D eigenvalue weighted by molar-refractivity contribution is 6.01. The van der Waals surface area contributed by atoms with E-state index in [1.807, 2.05) is 27.7 Å². The van der Waals surface area contributed by atoms with E-state index < -0.39 is 23.8 Å². The van der Waals surface area contributed by atoms with Gasteiger partial charge in [-0.15, -0.1) is 5.06 Å². The van der Waals surface area contributed by atoms with Crippen molar-refractivity contribution in [1.82, 2.24) is 5.06 Å². The summed E-state index contributed by atoms with van der Waals surface area (Å²) in [5.74, 6) is -2.47. The molecule has 0 bridgehead atoms. The maximum absolute atomic E-state index is 11.3. The number of hydroxylamine groups is 2. The van der Waals surface area contributed by atoms with E-state index in [4.69, 9.17) is 0 Å². The van der Waals surface area contributed by atoms with Crippen molar-refractivity contribution < 1.29 is 28.8 Å². The Bertz CT molecular complexity index is 400. The van der Waals surface area contributed by atoms with Crippen molar-refractivity contribution in [1.29, 1.82) is 0 Å². The number of rotatable bonds is 5. The normalized spacial score (nSPS) is 12.5. The van der Waals surface area contributed by atoms with Crippen molar-refractivity contribution in [3.05, 3.63) is 12.2 Å². The molecular weight excluding hydrogens is 290 g/mol. The zero-order valence-electron chi connectivity index (χ0n) is 13.9. The molecule has 0 N–H and O–H groups in total. The summed E-state index contributed by atoms with van der Waals surface area (Å²) in [5, 5.41) is 0.462. The number of hydrogen-bond donors (Lipinski definition) is 0. The number of imide groups is 1. The minimum Gasteiger partial charge on any atom is -0.466 e. The molecule has 1 fully saturated rings. The highest BCUT2D eigenvalue weighted by Gasteiger charge is 2.32. The van der Waals surface area contributed by atoms with Gasteiger partial charge in [-0.05, 0) is 6.42 Å². The third-order valence-corrected chi connectivity index (χ3v) is 2.30. The second kappa shape index (κ2) is 12.6. The van der Waals surface area contributed by atoms with Crippen LogP contribution < -0.4 is 0 Å². The van der Waals surface area contributed by atoms with Crippen molar-refractivity contribution in [3.63, 3.8) is 0 Å². The van der Waals surface area contributed by atoms with Crippen LogP contribution in [0.1, 0.15) is 53.4 Å². The molecule has 7 nitrogen and oxygen atoms in total. The van der Waals surface area contributed by atoms with Gasteiger partial charge in [0, 0.05) is 18.4 Å². The van der Waals surface area contributed by atoms with Crippen LogP contribution in [0.5, 0.6) is 0 Å². The van der Waals surface area contributed by atoms with Gasteiger partial charge in [0.25, 0.3) is 11.8 Å². The molecule has 1 aliphatic heterocycles. The zero-order valence-corrected chi connectivity index (χ0v) is 13.9. The van der Waals surface area contributed by atoms with Crippen molar-refractivity contribution >= 4 is 23.8 Å². The van der Waals surface area contributed by atoms with Crippen LogP contribution in [-0.4, -0.2) is 35.9 Å². The Hall–Kier alpha value is -2.18. The van der Waals surface area contributed by atoms with Crippen LogP contribution in [0.15, 0.2) is 12.2 Å². The van der Waals surface area contributed by atoms with Gasteiger partial charge in [0.2, 0.25) is 0 Å². The number of ether oxygens (including phenoxy) is 1. The van der Waals surface area contributed by atoms with Gasteiger partial charge in [-0.1, -0.05) is 34.3 Å². The number of esters is 1. The van der Waals surface area contributed by atoms with E-state index in [-0.39, 0.29) is 31.3 Å². The molecule has 0 spiro atoms.